The van der Waals surface area contributed by atoms with Gasteiger partial charge in [0.1, 0.15) is 23.7 Å². The molecule has 1 aliphatic rings. The number of carbonyl (C=O) groups excluding carboxylic acids is 3. The third-order valence-electron chi connectivity index (χ3n) is 7.29. The van der Waals surface area contributed by atoms with Crippen LogP contribution in [-0.2, 0) is 19.1 Å². The van der Waals surface area contributed by atoms with Crippen molar-refractivity contribution in [3.8, 4) is 0 Å². The maximum Gasteiger partial charge on any atom is 0.220 e. The van der Waals surface area contributed by atoms with Crippen molar-refractivity contribution in [1.82, 2.24) is 16.0 Å². The van der Waals surface area contributed by atoms with Crippen LogP contribution < -0.4 is 16.0 Å². The monoisotopic (exact) mass is 575 g/mol. The first-order valence-corrected chi connectivity index (χ1v) is 15.7. The number of aliphatic hydroxyl groups is 3. The summed E-state index contributed by atoms with van der Waals surface area (Å²) < 4.78 is 5.71. The highest BCUT2D eigenvalue weighted by Gasteiger charge is 2.44. The van der Waals surface area contributed by atoms with Crippen LogP contribution in [-0.4, -0.2) is 87.3 Å². The average molecular weight is 576 g/mol. The number of rotatable bonds is 20. The molecule has 0 bridgehead atoms. The molecular weight excluding hydrogens is 522 g/mol. The number of aliphatic hydroxyl groups excluding tert-OH is 3. The molecule has 0 radical (unpaired) electrons. The summed E-state index contributed by atoms with van der Waals surface area (Å²) in [6.45, 7) is 7.82. The van der Waals surface area contributed by atoms with Gasteiger partial charge < -0.3 is 36.0 Å². The summed E-state index contributed by atoms with van der Waals surface area (Å²) in [5.74, 6) is 0.576. The molecule has 0 aromatic carbocycles. The van der Waals surface area contributed by atoms with E-state index in [0.717, 1.165) is 64.2 Å². The number of ether oxygens (including phenoxy) is 1. The van der Waals surface area contributed by atoms with E-state index in [9.17, 15) is 29.7 Å². The van der Waals surface area contributed by atoms with Crippen LogP contribution in [0.2, 0.25) is 0 Å². The Balaban J connectivity index is 2.17. The van der Waals surface area contributed by atoms with E-state index in [-0.39, 0.29) is 23.3 Å². The van der Waals surface area contributed by atoms with Gasteiger partial charge in [0, 0.05) is 31.8 Å². The van der Waals surface area contributed by atoms with Gasteiger partial charge in [0.15, 0.2) is 0 Å². The molecule has 1 fully saturated rings. The Morgan fingerprint density at radius 3 is 2.26 bits per heavy atom. The summed E-state index contributed by atoms with van der Waals surface area (Å²) in [6, 6.07) is -0.759. The lowest BCUT2D eigenvalue weighted by Gasteiger charge is -2.42. The predicted molar refractivity (Wildman–Crippen MR) is 154 cm³/mol. The van der Waals surface area contributed by atoms with E-state index < -0.39 is 36.4 Å². The molecule has 39 heavy (non-hydrogen) atoms. The third kappa shape index (κ3) is 14.2. The zero-order valence-electron chi connectivity index (χ0n) is 24.4. The maximum absolute atomic E-state index is 12.2. The first-order valence-electron chi connectivity index (χ1n) is 14.7. The zero-order chi connectivity index (χ0) is 29.3. The molecule has 6 N–H and O–H groups in total. The fraction of sp³-hybridized carbons (Fsp3) is 0.893. The summed E-state index contributed by atoms with van der Waals surface area (Å²) in [6.07, 6.45) is 6.81. The molecule has 4 unspecified atom stereocenters. The third-order valence-corrected chi connectivity index (χ3v) is 8.54. The van der Waals surface area contributed by atoms with Crippen LogP contribution in [0.3, 0.4) is 0 Å². The van der Waals surface area contributed by atoms with Crippen molar-refractivity contribution < 1.29 is 34.4 Å². The first kappa shape index (κ1) is 35.6. The van der Waals surface area contributed by atoms with Gasteiger partial charge in [-0.05, 0) is 51.2 Å². The minimum absolute atomic E-state index is 0.0619. The van der Waals surface area contributed by atoms with Crippen molar-refractivity contribution >= 4 is 29.5 Å². The number of carbonyl (C=O) groups is 3. The lowest BCUT2D eigenvalue weighted by atomic mass is 9.91. The number of amides is 3. The zero-order valence-corrected chi connectivity index (χ0v) is 25.2. The summed E-state index contributed by atoms with van der Waals surface area (Å²) in [7, 11) is 0. The van der Waals surface area contributed by atoms with Crippen molar-refractivity contribution in [2.75, 3.05) is 18.9 Å². The molecule has 11 heteroatoms. The van der Waals surface area contributed by atoms with Gasteiger partial charge in [-0.1, -0.05) is 39.5 Å². The second-order valence-corrected chi connectivity index (χ2v) is 12.0. The number of hydrogen-bond acceptors (Lipinski definition) is 8. The molecule has 3 amide bonds. The Hall–Kier alpha value is -1.40. The molecule has 1 saturated heterocycles. The molecule has 6 atom stereocenters. The Morgan fingerprint density at radius 2 is 1.62 bits per heavy atom. The summed E-state index contributed by atoms with van der Waals surface area (Å²) in [4.78, 5) is 35.8. The lowest BCUT2D eigenvalue weighted by molar-refractivity contribution is -0.173. The Bertz CT molecular complexity index is 729. The van der Waals surface area contributed by atoms with E-state index in [2.05, 4.69) is 36.7 Å². The van der Waals surface area contributed by atoms with Gasteiger partial charge in [0.05, 0.1) is 12.6 Å². The fourth-order valence-electron chi connectivity index (χ4n) is 4.57. The van der Waals surface area contributed by atoms with Gasteiger partial charge in [0.25, 0.3) is 0 Å². The SMILES string of the molecule is CCCCC(=O)NC(C)(CC)CCCCCC(=O)NCCCCCS[C@@H]1OC(CO)[C@H](O)C(O)C1NC(C)=O. The van der Waals surface area contributed by atoms with Crippen LogP contribution >= 0.6 is 11.8 Å². The average Bonchev–Trinajstić information content (AvgIpc) is 2.90. The molecule has 0 aromatic heterocycles. The van der Waals surface area contributed by atoms with Gasteiger partial charge in [-0.25, -0.2) is 0 Å². The van der Waals surface area contributed by atoms with Gasteiger partial charge in [0.2, 0.25) is 17.7 Å². The summed E-state index contributed by atoms with van der Waals surface area (Å²) in [5.41, 5.74) is -0.752. The van der Waals surface area contributed by atoms with E-state index in [1.165, 1.54) is 18.7 Å². The Morgan fingerprint density at radius 1 is 0.923 bits per heavy atom. The largest absolute Gasteiger partial charge is 0.394 e. The van der Waals surface area contributed by atoms with E-state index in [1.54, 1.807) is 0 Å². The van der Waals surface area contributed by atoms with Gasteiger partial charge in [-0.3, -0.25) is 14.4 Å². The smallest absolute Gasteiger partial charge is 0.220 e. The number of unbranched alkanes of at least 4 members (excludes halogenated alkanes) is 5. The van der Waals surface area contributed by atoms with Crippen molar-refractivity contribution in [3.63, 3.8) is 0 Å². The normalized spacial score (nSPS) is 24.5. The van der Waals surface area contributed by atoms with Crippen molar-refractivity contribution in [2.45, 2.75) is 140 Å². The van der Waals surface area contributed by atoms with Gasteiger partial charge >= 0.3 is 0 Å². The fourth-order valence-corrected chi connectivity index (χ4v) is 5.83. The van der Waals surface area contributed by atoms with Crippen molar-refractivity contribution in [3.05, 3.63) is 0 Å². The summed E-state index contributed by atoms with van der Waals surface area (Å²) in [5, 5.41) is 38.7. The molecule has 0 aliphatic carbocycles. The van der Waals surface area contributed by atoms with Crippen molar-refractivity contribution in [1.29, 1.82) is 0 Å². The van der Waals surface area contributed by atoms with E-state index in [0.29, 0.717) is 25.1 Å². The van der Waals surface area contributed by atoms with Crippen LogP contribution in [0, 0.1) is 0 Å². The van der Waals surface area contributed by atoms with Crippen LogP contribution in [0.5, 0.6) is 0 Å². The van der Waals surface area contributed by atoms with Crippen LogP contribution in [0.25, 0.3) is 0 Å². The number of nitrogens with one attached hydrogen (secondary N) is 3. The standard InChI is InChI=1S/C28H53N3O7S/c1-5-7-14-23(35)31-28(4,6-2)16-11-8-10-15-22(34)29-17-12-9-13-18-39-27-24(30-20(3)33)26(37)25(36)21(19-32)38-27/h21,24-27,32,36-37H,5-19H2,1-4H3,(H,29,34)(H,30,33)(H,31,35)/t21?,24?,25-,26?,27-,28?/m0/s1. The quantitative estimate of drug-likeness (QED) is 0.121. The first-order chi connectivity index (χ1) is 18.6. The van der Waals surface area contributed by atoms with E-state index in [4.69, 9.17) is 4.74 Å². The van der Waals surface area contributed by atoms with Crippen LogP contribution in [0.15, 0.2) is 0 Å². The van der Waals surface area contributed by atoms with E-state index in [1.807, 2.05) is 0 Å². The Labute approximate surface area is 238 Å². The van der Waals surface area contributed by atoms with Gasteiger partial charge in [-0.15, -0.1) is 11.8 Å². The lowest BCUT2D eigenvalue weighted by Crippen LogP contribution is -2.63. The molecule has 0 saturated carbocycles. The molecule has 10 nitrogen and oxygen atoms in total. The van der Waals surface area contributed by atoms with E-state index >= 15 is 0 Å². The van der Waals surface area contributed by atoms with Gasteiger partial charge in [-0.2, -0.15) is 0 Å². The molecule has 1 aliphatic heterocycles. The number of thioether (sulfide) groups is 1. The predicted octanol–water partition coefficient (Wildman–Crippen LogP) is 2.38. The topological polar surface area (TPSA) is 157 Å². The highest BCUT2D eigenvalue weighted by Crippen LogP contribution is 2.29. The number of hydrogen-bond donors (Lipinski definition) is 6. The van der Waals surface area contributed by atoms with Crippen molar-refractivity contribution in [2.24, 2.45) is 0 Å². The molecule has 228 valence electrons. The summed E-state index contributed by atoms with van der Waals surface area (Å²) >= 11 is 1.43. The second-order valence-electron chi connectivity index (χ2n) is 10.8. The minimum Gasteiger partial charge on any atom is -0.394 e. The molecular formula is C28H53N3O7S. The van der Waals surface area contributed by atoms with Crippen LogP contribution in [0.4, 0.5) is 0 Å². The maximum atomic E-state index is 12.2. The Kier molecular flexibility index (Phi) is 17.9. The second kappa shape index (κ2) is 19.6. The highest BCUT2D eigenvalue weighted by molar-refractivity contribution is 7.99. The van der Waals surface area contributed by atoms with Crippen LogP contribution in [0.1, 0.15) is 105 Å². The minimum atomic E-state index is -1.27. The molecule has 1 heterocycles. The molecule has 1 rings (SSSR count). The molecule has 0 spiro atoms. The molecule has 0 aromatic rings. The highest BCUT2D eigenvalue weighted by atomic mass is 32.2.